The molecule has 1 heterocycles. The number of piperidine rings is 1. The second kappa shape index (κ2) is 9.65. The fourth-order valence-corrected chi connectivity index (χ4v) is 3.67. The quantitative estimate of drug-likeness (QED) is 0.709. The first kappa shape index (κ1) is 20.3. The van der Waals surface area contributed by atoms with Gasteiger partial charge in [-0.1, -0.05) is 56.3 Å². The topological polar surface area (TPSA) is 49.4 Å². The van der Waals surface area contributed by atoms with E-state index < -0.39 is 0 Å². The van der Waals surface area contributed by atoms with Crippen LogP contribution >= 0.6 is 0 Å². The number of nitrogens with zero attached hydrogens (tertiary/aromatic N) is 1. The number of amides is 1. The molecule has 1 amide bonds. The fourth-order valence-electron chi connectivity index (χ4n) is 3.67. The van der Waals surface area contributed by atoms with Crippen LogP contribution in [0.5, 0.6) is 0 Å². The van der Waals surface area contributed by atoms with E-state index in [1.54, 1.807) is 0 Å². The number of carbonyl (C=O) groups is 2. The van der Waals surface area contributed by atoms with Crippen LogP contribution in [0.1, 0.15) is 54.9 Å². The third-order valence-electron chi connectivity index (χ3n) is 5.49. The van der Waals surface area contributed by atoms with Gasteiger partial charge in [-0.2, -0.15) is 0 Å². The highest BCUT2D eigenvalue weighted by molar-refractivity contribution is 5.96. The van der Waals surface area contributed by atoms with Crippen LogP contribution in [0, 0.1) is 5.92 Å². The van der Waals surface area contributed by atoms with E-state index in [1.807, 2.05) is 56.3 Å². The Bertz CT molecular complexity index is 793. The van der Waals surface area contributed by atoms with Crippen LogP contribution in [0.3, 0.4) is 0 Å². The Balaban J connectivity index is 1.49. The summed E-state index contributed by atoms with van der Waals surface area (Å²) in [6, 6.07) is 17.8. The Morgan fingerprint density at radius 2 is 1.75 bits per heavy atom. The maximum atomic E-state index is 12.3. The van der Waals surface area contributed by atoms with E-state index in [9.17, 15) is 9.59 Å². The van der Waals surface area contributed by atoms with Gasteiger partial charge >= 0.3 is 0 Å². The molecule has 3 rings (SSSR count). The highest BCUT2D eigenvalue weighted by Gasteiger charge is 2.21. The van der Waals surface area contributed by atoms with Gasteiger partial charge in [0.1, 0.15) is 0 Å². The Kier molecular flexibility index (Phi) is 6.99. The summed E-state index contributed by atoms with van der Waals surface area (Å²) in [5, 5.41) is 2.99. The zero-order valence-corrected chi connectivity index (χ0v) is 16.9. The molecule has 4 nitrogen and oxygen atoms in total. The van der Waals surface area contributed by atoms with Gasteiger partial charge in [-0.25, -0.2) is 0 Å². The average molecular weight is 379 g/mol. The zero-order chi connectivity index (χ0) is 19.9. The van der Waals surface area contributed by atoms with Crippen LogP contribution in [0.2, 0.25) is 0 Å². The molecule has 0 aliphatic carbocycles. The molecule has 2 aromatic rings. The second-order valence-corrected chi connectivity index (χ2v) is 7.92. The molecule has 2 aromatic carbocycles. The summed E-state index contributed by atoms with van der Waals surface area (Å²) < 4.78 is 0. The van der Waals surface area contributed by atoms with E-state index in [1.165, 1.54) is 5.56 Å². The van der Waals surface area contributed by atoms with Crippen LogP contribution < -0.4 is 5.32 Å². The molecule has 0 unspecified atom stereocenters. The van der Waals surface area contributed by atoms with Gasteiger partial charge in [-0.05, 0) is 49.5 Å². The number of rotatable bonds is 7. The third kappa shape index (κ3) is 5.52. The van der Waals surface area contributed by atoms with Gasteiger partial charge in [-0.15, -0.1) is 0 Å². The predicted octanol–water partition coefficient (Wildman–Crippen LogP) is 4.73. The standard InChI is InChI=1S/C24H30N2O2/c1-18(2)24(28)25-22-10-6-9-21(17-22)19-11-14-26(15-12-19)16-13-23(27)20-7-4-3-5-8-20/h3-10,17-19H,11-16H2,1-2H3,(H,25,28). The molecule has 28 heavy (non-hydrogen) atoms. The second-order valence-electron chi connectivity index (χ2n) is 7.92. The lowest BCUT2D eigenvalue weighted by Crippen LogP contribution is -2.34. The molecule has 0 aromatic heterocycles. The number of ketones is 1. The van der Waals surface area contributed by atoms with Crippen LogP contribution in [-0.2, 0) is 4.79 Å². The van der Waals surface area contributed by atoms with Crippen molar-refractivity contribution in [2.24, 2.45) is 5.92 Å². The number of hydrogen-bond donors (Lipinski definition) is 1. The lowest BCUT2D eigenvalue weighted by molar-refractivity contribution is -0.118. The van der Waals surface area contributed by atoms with Gasteiger partial charge in [0.15, 0.2) is 5.78 Å². The van der Waals surface area contributed by atoms with E-state index in [0.717, 1.165) is 43.7 Å². The van der Waals surface area contributed by atoms with Crippen LogP contribution in [0.15, 0.2) is 54.6 Å². The molecule has 1 fully saturated rings. The first-order valence-corrected chi connectivity index (χ1v) is 10.2. The number of hydrogen-bond acceptors (Lipinski definition) is 3. The van der Waals surface area contributed by atoms with Crippen molar-refractivity contribution in [3.05, 3.63) is 65.7 Å². The van der Waals surface area contributed by atoms with E-state index in [0.29, 0.717) is 12.3 Å². The molecule has 4 heteroatoms. The predicted molar refractivity (Wildman–Crippen MR) is 114 cm³/mol. The molecule has 0 saturated carbocycles. The Morgan fingerprint density at radius 3 is 2.43 bits per heavy atom. The van der Waals surface area contributed by atoms with Crippen LogP contribution in [0.4, 0.5) is 5.69 Å². The summed E-state index contributed by atoms with van der Waals surface area (Å²) in [7, 11) is 0. The summed E-state index contributed by atoms with van der Waals surface area (Å²) in [6.45, 7) is 6.64. The summed E-state index contributed by atoms with van der Waals surface area (Å²) >= 11 is 0. The minimum Gasteiger partial charge on any atom is -0.326 e. The maximum Gasteiger partial charge on any atom is 0.226 e. The van der Waals surface area contributed by atoms with E-state index in [-0.39, 0.29) is 17.6 Å². The average Bonchev–Trinajstić information content (AvgIpc) is 2.73. The highest BCUT2D eigenvalue weighted by atomic mass is 16.1. The minimum atomic E-state index is -0.0227. The molecule has 1 saturated heterocycles. The van der Waals surface area contributed by atoms with Crippen LogP contribution in [0.25, 0.3) is 0 Å². The van der Waals surface area contributed by atoms with E-state index in [2.05, 4.69) is 22.3 Å². The normalized spacial score (nSPS) is 15.5. The lowest BCUT2D eigenvalue weighted by Gasteiger charge is -2.32. The van der Waals surface area contributed by atoms with Crippen molar-refractivity contribution in [1.82, 2.24) is 4.90 Å². The van der Waals surface area contributed by atoms with Crippen molar-refractivity contribution in [1.29, 1.82) is 0 Å². The summed E-state index contributed by atoms with van der Waals surface area (Å²) in [4.78, 5) is 26.6. The van der Waals surface area contributed by atoms with E-state index >= 15 is 0 Å². The molecule has 0 bridgehead atoms. The monoisotopic (exact) mass is 378 g/mol. The number of benzene rings is 2. The Morgan fingerprint density at radius 1 is 1.04 bits per heavy atom. The highest BCUT2D eigenvalue weighted by Crippen LogP contribution is 2.29. The third-order valence-corrected chi connectivity index (χ3v) is 5.49. The molecule has 0 atom stereocenters. The first-order chi connectivity index (χ1) is 13.5. The van der Waals surface area contributed by atoms with Crippen LogP contribution in [-0.4, -0.2) is 36.2 Å². The summed E-state index contributed by atoms with van der Waals surface area (Å²) in [6.07, 6.45) is 2.74. The van der Waals surface area contributed by atoms with Crippen molar-refractivity contribution in [3.8, 4) is 0 Å². The molecule has 148 valence electrons. The first-order valence-electron chi connectivity index (χ1n) is 10.2. The summed E-state index contributed by atoms with van der Waals surface area (Å²) in [5.41, 5.74) is 2.98. The number of Topliss-reactive ketones (excluding diaryl/α,β-unsaturated/α-hetero) is 1. The van der Waals surface area contributed by atoms with E-state index in [4.69, 9.17) is 0 Å². The number of anilines is 1. The number of nitrogens with one attached hydrogen (secondary N) is 1. The molecular formula is C24H30N2O2. The minimum absolute atomic E-state index is 0.0227. The molecule has 0 spiro atoms. The van der Waals surface area contributed by atoms with Gasteiger partial charge in [0.2, 0.25) is 5.91 Å². The van der Waals surface area contributed by atoms with Gasteiger partial charge in [0, 0.05) is 30.1 Å². The molecule has 1 N–H and O–H groups in total. The number of likely N-dealkylation sites (tertiary alicyclic amines) is 1. The molecular weight excluding hydrogens is 348 g/mol. The van der Waals surface area contributed by atoms with Crippen molar-refractivity contribution in [2.45, 2.75) is 39.0 Å². The molecule has 1 aliphatic rings. The van der Waals surface area contributed by atoms with Gasteiger partial charge in [0.05, 0.1) is 0 Å². The largest absolute Gasteiger partial charge is 0.326 e. The zero-order valence-electron chi connectivity index (χ0n) is 16.9. The molecule has 0 radical (unpaired) electrons. The van der Waals surface area contributed by atoms with Crippen molar-refractivity contribution in [2.75, 3.05) is 25.0 Å². The van der Waals surface area contributed by atoms with Gasteiger partial charge in [-0.3, -0.25) is 9.59 Å². The van der Waals surface area contributed by atoms with Crippen molar-refractivity contribution >= 4 is 17.4 Å². The van der Waals surface area contributed by atoms with Gasteiger partial charge < -0.3 is 10.2 Å². The SMILES string of the molecule is CC(C)C(=O)Nc1cccc(C2CCN(CCC(=O)c3ccccc3)CC2)c1. The Labute approximate surface area is 167 Å². The molecule has 1 aliphatic heterocycles. The lowest BCUT2D eigenvalue weighted by atomic mass is 9.89. The van der Waals surface area contributed by atoms with Crippen molar-refractivity contribution in [3.63, 3.8) is 0 Å². The van der Waals surface area contributed by atoms with Gasteiger partial charge in [0.25, 0.3) is 0 Å². The maximum absolute atomic E-state index is 12.3. The fraction of sp³-hybridized carbons (Fsp3) is 0.417. The van der Waals surface area contributed by atoms with Crippen molar-refractivity contribution < 1.29 is 9.59 Å². The summed E-state index contributed by atoms with van der Waals surface area (Å²) in [5.74, 6) is 0.758. The smallest absolute Gasteiger partial charge is 0.226 e. The Hall–Kier alpha value is -2.46. The number of carbonyl (C=O) groups excluding carboxylic acids is 2.